The van der Waals surface area contributed by atoms with Crippen molar-refractivity contribution in [1.29, 1.82) is 0 Å². The fourth-order valence-electron chi connectivity index (χ4n) is 1.64. The van der Waals surface area contributed by atoms with E-state index in [1.807, 2.05) is 0 Å². The number of nitrogens with zero attached hydrogens (tertiary/aromatic N) is 1. The van der Waals surface area contributed by atoms with Crippen molar-refractivity contribution < 1.29 is 17.9 Å². The number of hydrogen-bond donors (Lipinski definition) is 1. The van der Waals surface area contributed by atoms with Gasteiger partial charge in [-0.3, -0.25) is 0 Å². The summed E-state index contributed by atoms with van der Waals surface area (Å²) in [5, 5.41) is 0. The van der Waals surface area contributed by atoms with E-state index in [0.29, 0.717) is 12.3 Å². The van der Waals surface area contributed by atoms with Gasteiger partial charge >= 0.3 is 0 Å². The molecule has 6 nitrogen and oxygen atoms in total. The summed E-state index contributed by atoms with van der Waals surface area (Å²) in [5.41, 5.74) is 6.07. The fourth-order valence-corrected chi connectivity index (χ4v) is 3.12. The third-order valence-electron chi connectivity index (χ3n) is 2.87. The fraction of sp³-hybridized carbons (Fsp3) is 0.500. The molecular weight excluding hydrogens is 268 g/mol. The van der Waals surface area contributed by atoms with Gasteiger partial charge in [0.2, 0.25) is 10.0 Å². The van der Waals surface area contributed by atoms with Crippen molar-refractivity contribution in [2.75, 3.05) is 33.6 Å². The van der Waals surface area contributed by atoms with Gasteiger partial charge in [0.25, 0.3) is 0 Å². The molecule has 0 amide bonds. The average molecular weight is 288 g/mol. The predicted molar refractivity (Wildman–Crippen MR) is 73.7 cm³/mol. The Hall–Kier alpha value is -1.31. The zero-order valence-corrected chi connectivity index (χ0v) is 12.4. The number of methoxy groups -OCH3 is 2. The van der Waals surface area contributed by atoms with E-state index in [4.69, 9.17) is 15.2 Å². The smallest absolute Gasteiger partial charge is 0.246 e. The van der Waals surface area contributed by atoms with Gasteiger partial charge in [-0.15, -0.1) is 0 Å². The number of rotatable bonds is 6. The zero-order chi connectivity index (χ0) is 14.6. The summed E-state index contributed by atoms with van der Waals surface area (Å²) < 4.78 is 36.3. The predicted octanol–water partition coefficient (Wildman–Crippen LogP) is 0.933. The number of sulfonamides is 1. The quantitative estimate of drug-likeness (QED) is 0.788. The van der Waals surface area contributed by atoms with E-state index >= 15 is 0 Å². The van der Waals surface area contributed by atoms with Crippen molar-refractivity contribution in [3.8, 4) is 5.75 Å². The summed E-state index contributed by atoms with van der Waals surface area (Å²) in [5.74, 6) is 0.233. The summed E-state index contributed by atoms with van der Waals surface area (Å²) in [6.45, 7) is 2.08. The van der Waals surface area contributed by atoms with Gasteiger partial charge in [-0.1, -0.05) is 0 Å². The van der Waals surface area contributed by atoms with E-state index in [9.17, 15) is 8.42 Å². The van der Waals surface area contributed by atoms with E-state index in [-0.39, 0.29) is 16.7 Å². The lowest BCUT2D eigenvalue weighted by Crippen LogP contribution is -2.37. The maximum atomic E-state index is 12.5. The van der Waals surface area contributed by atoms with Crippen LogP contribution in [0.1, 0.15) is 6.92 Å². The van der Waals surface area contributed by atoms with Crippen LogP contribution in [0.15, 0.2) is 23.1 Å². The van der Waals surface area contributed by atoms with Crippen molar-refractivity contribution in [2.45, 2.75) is 17.9 Å². The largest absolute Gasteiger partial charge is 0.495 e. The minimum atomic E-state index is -3.65. The van der Waals surface area contributed by atoms with Gasteiger partial charge in [0.15, 0.2) is 0 Å². The molecule has 0 fully saturated rings. The number of anilines is 1. The van der Waals surface area contributed by atoms with Crippen LogP contribution in [0.3, 0.4) is 0 Å². The summed E-state index contributed by atoms with van der Waals surface area (Å²) in [7, 11) is 0.799. The van der Waals surface area contributed by atoms with Crippen LogP contribution in [-0.2, 0) is 14.8 Å². The Morgan fingerprint density at radius 1 is 1.37 bits per heavy atom. The van der Waals surface area contributed by atoms with E-state index in [2.05, 4.69) is 0 Å². The number of nitrogens with two attached hydrogens (primary N) is 1. The molecular formula is C12H20N2O4S. The topological polar surface area (TPSA) is 81.9 Å². The highest BCUT2D eigenvalue weighted by Crippen LogP contribution is 2.28. The van der Waals surface area contributed by atoms with Crippen LogP contribution >= 0.6 is 0 Å². The summed E-state index contributed by atoms with van der Waals surface area (Å²) in [6.07, 6.45) is 0. The summed E-state index contributed by atoms with van der Waals surface area (Å²) in [4.78, 5) is 0.0923. The average Bonchev–Trinajstić information content (AvgIpc) is 2.37. The lowest BCUT2D eigenvalue weighted by Gasteiger charge is -2.24. The number of likely N-dealkylation sites (N-methyl/N-ethyl adjacent to an activating group) is 1. The first-order valence-corrected chi connectivity index (χ1v) is 7.19. The molecule has 1 atom stereocenters. The van der Waals surface area contributed by atoms with Crippen LogP contribution in [0.5, 0.6) is 5.75 Å². The number of ether oxygens (including phenoxy) is 2. The highest BCUT2D eigenvalue weighted by molar-refractivity contribution is 7.89. The maximum absolute atomic E-state index is 12.5. The maximum Gasteiger partial charge on any atom is 0.246 e. The van der Waals surface area contributed by atoms with E-state index in [1.165, 1.54) is 43.8 Å². The van der Waals surface area contributed by atoms with Crippen LogP contribution in [-0.4, -0.2) is 46.6 Å². The first kappa shape index (κ1) is 15.7. The Kier molecular flexibility index (Phi) is 5.16. The molecule has 0 saturated heterocycles. The molecule has 19 heavy (non-hydrogen) atoms. The minimum Gasteiger partial charge on any atom is -0.495 e. The standard InChI is InChI=1S/C12H20N2O4S/c1-9(8-17-3)14(2)19(15,16)12-6-5-10(13)7-11(12)18-4/h5-7,9H,8,13H2,1-4H3. The molecule has 0 aliphatic rings. The van der Waals surface area contributed by atoms with Gasteiger partial charge in [-0.2, -0.15) is 4.31 Å². The Labute approximate surface area is 114 Å². The molecule has 0 spiro atoms. The Balaban J connectivity index is 3.20. The zero-order valence-electron chi connectivity index (χ0n) is 11.6. The molecule has 108 valence electrons. The summed E-state index contributed by atoms with van der Waals surface area (Å²) >= 11 is 0. The second kappa shape index (κ2) is 6.23. The lowest BCUT2D eigenvalue weighted by atomic mass is 10.3. The number of benzene rings is 1. The third kappa shape index (κ3) is 3.37. The molecule has 0 aliphatic carbocycles. The van der Waals surface area contributed by atoms with Gasteiger partial charge < -0.3 is 15.2 Å². The van der Waals surface area contributed by atoms with Crippen LogP contribution < -0.4 is 10.5 Å². The van der Waals surface area contributed by atoms with Crippen LogP contribution in [0.2, 0.25) is 0 Å². The Bertz CT molecular complexity index is 531. The van der Waals surface area contributed by atoms with Crippen LogP contribution in [0, 0.1) is 0 Å². The molecule has 0 heterocycles. The van der Waals surface area contributed by atoms with Gasteiger partial charge in [0.05, 0.1) is 13.7 Å². The van der Waals surface area contributed by atoms with E-state index < -0.39 is 10.0 Å². The second-order valence-corrected chi connectivity index (χ2v) is 6.20. The molecule has 7 heteroatoms. The van der Waals surface area contributed by atoms with Crippen molar-refractivity contribution in [2.24, 2.45) is 0 Å². The summed E-state index contributed by atoms with van der Waals surface area (Å²) in [6, 6.07) is 4.18. The SMILES string of the molecule is COCC(C)N(C)S(=O)(=O)c1ccc(N)cc1OC. The molecule has 0 radical (unpaired) electrons. The third-order valence-corrected chi connectivity index (χ3v) is 4.88. The molecule has 1 rings (SSSR count). The molecule has 0 aliphatic heterocycles. The monoisotopic (exact) mass is 288 g/mol. The lowest BCUT2D eigenvalue weighted by molar-refractivity contribution is 0.149. The molecule has 2 N–H and O–H groups in total. The van der Waals surface area contributed by atoms with Crippen molar-refractivity contribution in [3.05, 3.63) is 18.2 Å². The van der Waals surface area contributed by atoms with E-state index in [0.717, 1.165) is 0 Å². The van der Waals surface area contributed by atoms with Crippen molar-refractivity contribution in [3.63, 3.8) is 0 Å². The Morgan fingerprint density at radius 2 is 2.00 bits per heavy atom. The minimum absolute atomic E-state index is 0.0923. The van der Waals surface area contributed by atoms with Crippen molar-refractivity contribution >= 4 is 15.7 Å². The van der Waals surface area contributed by atoms with Gasteiger partial charge in [-0.05, 0) is 19.1 Å². The molecule has 0 bridgehead atoms. The number of hydrogen-bond acceptors (Lipinski definition) is 5. The molecule has 0 aromatic heterocycles. The highest BCUT2D eigenvalue weighted by Gasteiger charge is 2.28. The van der Waals surface area contributed by atoms with Crippen molar-refractivity contribution in [1.82, 2.24) is 4.31 Å². The number of nitrogen functional groups attached to an aromatic ring is 1. The second-order valence-electron chi connectivity index (χ2n) is 4.24. The first-order valence-electron chi connectivity index (χ1n) is 5.75. The van der Waals surface area contributed by atoms with E-state index in [1.54, 1.807) is 6.92 Å². The van der Waals surface area contributed by atoms with Gasteiger partial charge in [0.1, 0.15) is 10.6 Å². The van der Waals surface area contributed by atoms with Gasteiger partial charge in [-0.25, -0.2) is 8.42 Å². The first-order chi connectivity index (χ1) is 8.84. The van der Waals surface area contributed by atoms with Gasteiger partial charge in [0, 0.05) is 32.0 Å². The Morgan fingerprint density at radius 3 is 2.53 bits per heavy atom. The van der Waals surface area contributed by atoms with Crippen LogP contribution in [0.25, 0.3) is 0 Å². The molecule has 1 aromatic carbocycles. The van der Waals surface area contributed by atoms with Crippen LogP contribution in [0.4, 0.5) is 5.69 Å². The molecule has 1 unspecified atom stereocenters. The highest BCUT2D eigenvalue weighted by atomic mass is 32.2. The molecule has 1 aromatic rings. The molecule has 0 saturated carbocycles. The normalized spacial score (nSPS) is 13.5.